The molecule has 0 aliphatic heterocycles. The van der Waals surface area contributed by atoms with Crippen molar-refractivity contribution in [3.05, 3.63) is 108 Å². The van der Waals surface area contributed by atoms with E-state index in [0.717, 1.165) is 28.1 Å². The van der Waals surface area contributed by atoms with E-state index in [1.54, 1.807) is 6.21 Å². The SMILES string of the molecule is Clc1ccccc1/C=N/n1c(-c2ccccc2)ccc1-c1ccccc1. The van der Waals surface area contributed by atoms with Gasteiger partial charge in [-0.1, -0.05) is 90.5 Å². The number of halogens is 1. The van der Waals surface area contributed by atoms with Crippen LogP contribution in [0, 0.1) is 0 Å². The van der Waals surface area contributed by atoms with Crippen molar-refractivity contribution in [1.29, 1.82) is 0 Å². The van der Waals surface area contributed by atoms with Gasteiger partial charge in [-0.25, -0.2) is 4.68 Å². The summed E-state index contributed by atoms with van der Waals surface area (Å²) in [6.07, 6.45) is 1.81. The largest absolute Gasteiger partial charge is 0.233 e. The molecule has 0 unspecified atom stereocenters. The zero-order chi connectivity index (χ0) is 17.8. The molecule has 3 aromatic carbocycles. The number of benzene rings is 3. The minimum atomic E-state index is 0.686. The van der Waals surface area contributed by atoms with Crippen molar-refractivity contribution in [2.24, 2.45) is 5.10 Å². The molecular weight excluding hydrogens is 340 g/mol. The minimum Gasteiger partial charge on any atom is -0.233 e. The van der Waals surface area contributed by atoms with Gasteiger partial charge in [0, 0.05) is 21.7 Å². The van der Waals surface area contributed by atoms with Crippen LogP contribution in [-0.2, 0) is 0 Å². The minimum absolute atomic E-state index is 0.686. The van der Waals surface area contributed by atoms with Crippen molar-refractivity contribution < 1.29 is 0 Å². The van der Waals surface area contributed by atoms with E-state index in [-0.39, 0.29) is 0 Å². The van der Waals surface area contributed by atoms with E-state index < -0.39 is 0 Å². The van der Waals surface area contributed by atoms with Gasteiger partial charge in [-0.3, -0.25) is 0 Å². The average molecular weight is 357 g/mol. The first-order valence-electron chi connectivity index (χ1n) is 8.44. The van der Waals surface area contributed by atoms with Gasteiger partial charge in [0.1, 0.15) is 0 Å². The number of aromatic nitrogens is 1. The van der Waals surface area contributed by atoms with Crippen molar-refractivity contribution in [2.45, 2.75) is 0 Å². The molecule has 0 aliphatic rings. The predicted molar refractivity (Wildman–Crippen MR) is 110 cm³/mol. The third-order valence-corrected chi connectivity index (χ3v) is 4.56. The lowest BCUT2D eigenvalue weighted by Gasteiger charge is -2.09. The Morgan fingerprint density at radius 2 is 1.12 bits per heavy atom. The second-order valence-corrected chi connectivity index (χ2v) is 6.32. The van der Waals surface area contributed by atoms with Crippen LogP contribution in [-0.4, -0.2) is 10.9 Å². The van der Waals surface area contributed by atoms with E-state index in [1.807, 2.05) is 65.3 Å². The summed E-state index contributed by atoms with van der Waals surface area (Å²) in [5.41, 5.74) is 5.19. The molecule has 0 fully saturated rings. The van der Waals surface area contributed by atoms with Gasteiger partial charge in [0.25, 0.3) is 0 Å². The molecule has 4 rings (SSSR count). The highest BCUT2D eigenvalue weighted by Crippen LogP contribution is 2.29. The Hall–Kier alpha value is -3.10. The van der Waals surface area contributed by atoms with Gasteiger partial charge in [-0.15, -0.1) is 0 Å². The van der Waals surface area contributed by atoms with E-state index in [4.69, 9.17) is 16.7 Å². The second kappa shape index (κ2) is 7.42. The Morgan fingerprint density at radius 3 is 1.65 bits per heavy atom. The summed E-state index contributed by atoms with van der Waals surface area (Å²) in [4.78, 5) is 0. The lowest BCUT2D eigenvalue weighted by molar-refractivity contribution is 0.912. The summed E-state index contributed by atoms with van der Waals surface area (Å²) in [6.45, 7) is 0. The van der Waals surface area contributed by atoms with E-state index in [9.17, 15) is 0 Å². The lowest BCUT2D eigenvalue weighted by Crippen LogP contribution is -1.97. The molecule has 0 spiro atoms. The standard InChI is InChI=1S/C23H17ClN2/c24-21-14-8-7-13-20(21)17-25-26-22(18-9-3-1-4-10-18)15-16-23(26)19-11-5-2-6-12-19/h1-17H/b25-17+. The Kier molecular flexibility index (Phi) is 4.67. The maximum atomic E-state index is 6.28. The van der Waals surface area contributed by atoms with Gasteiger partial charge in [0.2, 0.25) is 0 Å². The highest BCUT2D eigenvalue weighted by molar-refractivity contribution is 6.33. The highest BCUT2D eigenvalue weighted by atomic mass is 35.5. The molecule has 0 saturated carbocycles. The lowest BCUT2D eigenvalue weighted by atomic mass is 10.2. The summed E-state index contributed by atoms with van der Waals surface area (Å²) >= 11 is 6.28. The Labute approximate surface area is 158 Å². The van der Waals surface area contributed by atoms with Crippen LogP contribution in [0.4, 0.5) is 0 Å². The topological polar surface area (TPSA) is 17.3 Å². The van der Waals surface area contributed by atoms with Crippen molar-refractivity contribution >= 4 is 17.8 Å². The number of hydrogen-bond acceptors (Lipinski definition) is 1. The fourth-order valence-corrected chi connectivity index (χ4v) is 3.09. The van der Waals surface area contributed by atoms with Crippen LogP contribution in [0.25, 0.3) is 22.5 Å². The van der Waals surface area contributed by atoms with Crippen LogP contribution in [0.15, 0.2) is 102 Å². The molecule has 0 radical (unpaired) electrons. The van der Waals surface area contributed by atoms with Gasteiger partial charge in [-0.2, -0.15) is 5.10 Å². The van der Waals surface area contributed by atoms with Gasteiger partial charge in [0.15, 0.2) is 0 Å². The highest BCUT2D eigenvalue weighted by Gasteiger charge is 2.11. The van der Waals surface area contributed by atoms with E-state index >= 15 is 0 Å². The van der Waals surface area contributed by atoms with Crippen LogP contribution < -0.4 is 0 Å². The summed E-state index contributed by atoms with van der Waals surface area (Å²) in [7, 11) is 0. The molecule has 0 atom stereocenters. The van der Waals surface area contributed by atoms with Gasteiger partial charge >= 0.3 is 0 Å². The average Bonchev–Trinajstić information content (AvgIpc) is 3.12. The van der Waals surface area contributed by atoms with Crippen molar-refractivity contribution in [2.75, 3.05) is 0 Å². The number of hydrogen-bond donors (Lipinski definition) is 0. The van der Waals surface area contributed by atoms with Gasteiger partial charge in [-0.05, 0) is 18.2 Å². The normalized spacial score (nSPS) is 11.1. The molecule has 4 aromatic rings. The number of nitrogens with zero attached hydrogens (tertiary/aromatic N) is 2. The monoisotopic (exact) mass is 356 g/mol. The van der Waals surface area contributed by atoms with Crippen molar-refractivity contribution in [3.63, 3.8) is 0 Å². The first-order chi connectivity index (χ1) is 12.8. The van der Waals surface area contributed by atoms with E-state index in [0.29, 0.717) is 5.02 Å². The Balaban J connectivity index is 1.85. The maximum absolute atomic E-state index is 6.28. The Morgan fingerprint density at radius 1 is 0.615 bits per heavy atom. The van der Waals surface area contributed by atoms with Crippen molar-refractivity contribution in [1.82, 2.24) is 4.68 Å². The zero-order valence-electron chi connectivity index (χ0n) is 14.1. The number of rotatable bonds is 4. The molecule has 0 bridgehead atoms. The summed E-state index contributed by atoms with van der Waals surface area (Å²) in [6, 6.07) is 32.4. The first kappa shape index (κ1) is 16.4. The third kappa shape index (κ3) is 3.32. The summed E-state index contributed by atoms with van der Waals surface area (Å²) < 4.78 is 1.97. The zero-order valence-corrected chi connectivity index (χ0v) is 14.8. The second-order valence-electron chi connectivity index (χ2n) is 5.91. The summed E-state index contributed by atoms with van der Waals surface area (Å²) in [5, 5.41) is 5.44. The molecule has 0 aliphatic carbocycles. The van der Waals surface area contributed by atoms with Crippen LogP contribution in [0.2, 0.25) is 5.02 Å². The van der Waals surface area contributed by atoms with Gasteiger partial charge in [0.05, 0.1) is 17.6 Å². The fourth-order valence-electron chi connectivity index (χ4n) is 2.91. The van der Waals surface area contributed by atoms with Crippen LogP contribution in [0.5, 0.6) is 0 Å². The fraction of sp³-hybridized carbons (Fsp3) is 0. The predicted octanol–water partition coefficient (Wildman–Crippen LogP) is 6.36. The molecule has 1 aromatic heterocycles. The molecule has 26 heavy (non-hydrogen) atoms. The molecule has 0 saturated heterocycles. The molecular formula is C23H17ClN2. The molecule has 3 heteroatoms. The van der Waals surface area contributed by atoms with E-state index in [2.05, 4.69) is 36.4 Å². The Bertz CT molecular complexity index is 977. The van der Waals surface area contributed by atoms with Crippen LogP contribution >= 0.6 is 11.6 Å². The maximum Gasteiger partial charge on any atom is 0.0725 e. The smallest absolute Gasteiger partial charge is 0.0725 e. The molecule has 126 valence electrons. The molecule has 1 heterocycles. The van der Waals surface area contributed by atoms with E-state index in [1.165, 1.54) is 0 Å². The quantitative estimate of drug-likeness (QED) is 0.379. The van der Waals surface area contributed by atoms with Crippen LogP contribution in [0.3, 0.4) is 0 Å². The van der Waals surface area contributed by atoms with Gasteiger partial charge < -0.3 is 0 Å². The molecule has 2 nitrogen and oxygen atoms in total. The van der Waals surface area contributed by atoms with Crippen molar-refractivity contribution in [3.8, 4) is 22.5 Å². The van der Waals surface area contributed by atoms with Crippen LogP contribution in [0.1, 0.15) is 5.56 Å². The molecule has 0 amide bonds. The third-order valence-electron chi connectivity index (χ3n) is 4.21. The first-order valence-corrected chi connectivity index (χ1v) is 8.82. The summed E-state index contributed by atoms with van der Waals surface area (Å²) in [5.74, 6) is 0. The molecule has 0 N–H and O–H groups in total.